The van der Waals surface area contributed by atoms with Gasteiger partial charge in [0.15, 0.2) is 0 Å². The molecule has 2 heterocycles. The summed E-state index contributed by atoms with van der Waals surface area (Å²) >= 11 is 0. The molecule has 9 nitrogen and oxygen atoms in total. The number of ether oxygens (including phenoxy) is 2. The van der Waals surface area contributed by atoms with Crippen LogP contribution < -0.4 is 16.2 Å². The third kappa shape index (κ3) is 11.5. The average molecular weight is 712 g/mol. The number of methoxy groups -OCH3 is 1. The third-order valence-corrected chi connectivity index (χ3v) is 9.09. The molecular weight excluding hydrogens is 651 g/mol. The highest BCUT2D eigenvalue weighted by atomic mass is 16.5. The predicted octanol–water partition coefficient (Wildman–Crippen LogP) is 9.21. The Kier molecular flexibility index (Phi) is 17.1. The SMILES string of the molecule is C=CCNc1cc(CCCCCCNNC=O)cc(-c2ccc3c(c2)c(CC(C)(C)COC(C)=O)c(-c2cccnc2C(C)OC)n3CC)c1.CC. The number of esters is 1. The van der Waals surface area contributed by atoms with E-state index in [1.54, 1.807) is 7.11 Å². The van der Waals surface area contributed by atoms with Crippen molar-refractivity contribution in [3.8, 4) is 22.4 Å². The Balaban J connectivity index is 0.00000358. The van der Waals surface area contributed by atoms with Crippen LogP contribution in [0.15, 0.2) is 67.4 Å². The zero-order chi connectivity index (χ0) is 38.1. The lowest BCUT2D eigenvalue weighted by atomic mass is 9.84. The van der Waals surface area contributed by atoms with Crippen molar-refractivity contribution in [2.75, 3.05) is 32.1 Å². The quantitative estimate of drug-likeness (QED) is 0.0260. The normalized spacial score (nSPS) is 11.8. The average Bonchev–Trinajstić information content (AvgIpc) is 3.46. The first kappa shape index (κ1) is 41.9. The number of benzene rings is 2. The van der Waals surface area contributed by atoms with Crippen molar-refractivity contribution in [2.24, 2.45) is 5.41 Å². The molecule has 0 spiro atoms. The maximum Gasteiger partial charge on any atom is 0.302 e. The zero-order valence-corrected chi connectivity index (χ0v) is 32.7. The Labute approximate surface area is 311 Å². The molecule has 9 heteroatoms. The number of fused-ring (bicyclic) bond motifs is 1. The van der Waals surface area contributed by atoms with E-state index < -0.39 is 0 Å². The predicted molar refractivity (Wildman–Crippen MR) is 215 cm³/mol. The van der Waals surface area contributed by atoms with E-state index in [9.17, 15) is 9.59 Å². The van der Waals surface area contributed by atoms with Crippen molar-refractivity contribution in [2.45, 2.75) is 99.6 Å². The van der Waals surface area contributed by atoms with Gasteiger partial charge in [0.05, 0.1) is 24.1 Å². The van der Waals surface area contributed by atoms with Gasteiger partial charge in [-0.05, 0) is 98.2 Å². The van der Waals surface area contributed by atoms with Crippen LogP contribution in [0.5, 0.6) is 0 Å². The monoisotopic (exact) mass is 711 g/mol. The van der Waals surface area contributed by atoms with Gasteiger partial charge in [0.1, 0.15) is 0 Å². The van der Waals surface area contributed by atoms with Gasteiger partial charge < -0.3 is 19.4 Å². The van der Waals surface area contributed by atoms with Crippen molar-refractivity contribution in [1.82, 2.24) is 20.4 Å². The fourth-order valence-corrected chi connectivity index (χ4v) is 6.60. The van der Waals surface area contributed by atoms with Gasteiger partial charge >= 0.3 is 5.97 Å². The summed E-state index contributed by atoms with van der Waals surface area (Å²) in [5.41, 5.74) is 15.2. The van der Waals surface area contributed by atoms with Crippen molar-refractivity contribution in [1.29, 1.82) is 0 Å². The lowest BCUT2D eigenvalue weighted by Gasteiger charge is -2.25. The van der Waals surface area contributed by atoms with Gasteiger partial charge in [-0.25, -0.2) is 5.43 Å². The first-order valence-corrected chi connectivity index (χ1v) is 18.8. The van der Waals surface area contributed by atoms with E-state index in [-0.39, 0.29) is 17.5 Å². The van der Waals surface area contributed by atoms with Crippen LogP contribution in [0.4, 0.5) is 5.69 Å². The second-order valence-corrected chi connectivity index (χ2v) is 13.7. The molecular formula is C43H61N5O4. The minimum atomic E-state index is -0.318. The minimum absolute atomic E-state index is 0.188. The summed E-state index contributed by atoms with van der Waals surface area (Å²) in [5.74, 6) is -0.273. The van der Waals surface area contributed by atoms with E-state index in [1.165, 1.54) is 23.4 Å². The fraction of sp³-hybridized carbons (Fsp3) is 0.465. The summed E-state index contributed by atoms with van der Waals surface area (Å²) in [6, 6.07) is 17.7. The van der Waals surface area contributed by atoms with Crippen LogP contribution in [0.3, 0.4) is 0 Å². The zero-order valence-electron chi connectivity index (χ0n) is 32.7. The number of unbranched alkanes of at least 4 members (excludes halogenated alkanes) is 3. The number of carbonyl (C=O) groups excluding carboxylic acids is 2. The van der Waals surface area contributed by atoms with Crippen LogP contribution in [0, 0.1) is 5.41 Å². The van der Waals surface area contributed by atoms with Crippen molar-refractivity contribution < 1.29 is 19.1 Å². The summed E-state index contributed by atoms with van der Waals surface area (Å²) in [6.07, 6.45) is 10.2. The minimum Gasteiger partial charge on any atom is -0.465 e. The number of nitrogens with one attached hydrogen (secondary N) is 3. The van der Waals surface area contributed by atoms with E-state index in [0.29, 0.717) is 26.0 Å². The lowest BCUT2D eigenvalue weighted by molar-refractivity contribution is -0.143. The van der Waals surface area contributed by atoms with Crippen LogP contribution in [0.25, 0.3) is 33.3 Å². The maximum absolute atomic E-state index is 11.8. The van der Waals surface area contributed by atoms with Gasteiger partial charge in [-0.1, -0.05) is 58.7 Å². The molecule has 1 atom stereocenters. The van der Waals surface area contributed by atoms with Crippen LogP contribution >= 0.6 is 0 Å². The molecule has 0 aliphatic heterocycles. The largest absolute Gasteiger partial charge is 0.465 e. The number of hydrogen-bond acceptors (Lipinski definition) is 7. The molecule has 0 aliphatic carbocycles. The standard InChI is InChI=1S/C41H55N5O4.C2H6/c1-8-19-42-34-23-31(15-12-10-11-13-21-44-45-28-47)22-33(24-34)32-17-18-38-36(25-32)37(26-41(5,6)27-50-30(4)48)40(46(38)9-2)35-16-14-20-43-39(35)29(3)49-7;1-2/h8,14,16-18,20,22-25,28-29,42,44H,1,9-13,15,19,21,26-27H2,2-7H3,(H,45,47);1-2H3. The van der Waals surface area contributed by atoms with E-state index in [4.69, 9.17) is 14.5 Å². The number of carbonyl (C=O) groups is 2. The highest BCUT2D eigenvalue weighted by Crippen LogP contribution is 2.42. The van der Waals surface area contributed by atoms with Gasteiger partial charge in [0.25, 0.3) is 0 Å². The number of hydrazine groups is 1. The number of anilines is 1. The Hall–Kier alpha value is -4.47. The van der Waals surface area contributed by atoms with Crippen LogP contribution in [0.1, 0.15) is 97.1 Å². The molecule has 0 fully saturated rings. The van der Waals surface area contributed by atoms with Crippen LogP contribution in [-0.2, 0) is 38.4 Å². The Morgan fingerprint density at radius 1 is 1.06 bits per heavy atom. The number of hydrogen-bond donors (Lipinski definition) is 3. The van der Waals surface area contributed by atoms with Crippen molar-refractivity contribution in [3.05, 3.63) is 84.2 Å². The summed E-state index contributed by atoms with van der Waals surface area (Å²) in [4.78, 5) is 27.1. The number of pyridine rings is 1. The molecule has 2 aromatic carbocycles. The number of rotatable bonds is 21. The Morgan fingerprint density at radius 2 is 1.83 bits per heavy atom. The molecule has 0 saturated carbocycles. The second kappa shape index (κ2) is 21.2. The summed E-state index contributed by atoms with van der Waals surface area (Å²) < 4.78 is 13.7. The molecule has 0 bridgehead atoms. The molecule has 4 aromatic rings. The Morgan fingerprint density at radius 3 is 2.52 bits per heavy atom. The second-order valence-electron chi connectivity index (χ2n) is 13.7. The molecule has 2 aromatic heterocycles. The molecule has 0 aliphatic rings. The van der Waals surface area contributed by atoms with E-state index in [2.05, 4.69) is 90.6 Å². The van der Waals surface area contributed by atoms with Gasteiger partial charge in [-0.15, -0.1) is 6.58 Å². The van der Waals surface area contributed by atoms with Crippen LogP contribution in [0.2, 0.25) is 0 Å². The molecule has 1 amide bonds. The first-order valence-electron chi connectivity index (χ1n) is 18.8. The summed E-state index contributed by atoms with van der Waals surface area (Å²) in [5, 5.41) is 4.70. The van der Waals surface area contributed by atoms with Gasteiger partial charge in [0, 0.05) is 67.4 Å². The van der Waals surface area contributed by atoms with E-state index in [0.717, 1.165) is 84.5 Å². The summed E-state index contributed by atoms with van der Waals surface area (Å²) in [6.45, 7) is 20.4. The third-order valence-electron chi connectivity index (χ3n) is 9.09. The fourth-order valence-electron chi connectivity index (χ4n) is 6.60. The number of aryl methyl sites for hydroxylation is 2. The van der Waals surface area contributed by atoms with Crippen molar-refractivity contribution >= 4 is 29.0 Å². The maximum atomic E-state index is 11.8. The number of aromatic nitrogens is 2. The van der Waals surface area contributed by atoms with Gasteiger partial charge in [0.2, 0.25) is 6.41 Å². The molecule has 4 rings (SSSR count). The Bertz CT molecular complexity index is 1750. The number of nitrogens with zero attached hydrogens (tertiary/aromatic N) is 2. The van der Waals surface area contributed by atoms with Gasteiger partial charge in [-0.2, -0.15) is 0 Å². The smallest absolute Gasteiger partial charge is 0.302 e. The highest BCUT2D eigenvalue weighted by Gasteiger charge is 2.29. The molecule has 282 valence electrons. The number of amides is 1. The molecule has 1 unspecified atom stereocenters. The molecule has 3 N–H and O–H groups in total. The van der Waals surface area contributed by atoms with E-state index in [1.807, 2.05) is 39.1 Å². The molecule has 0 saturated heterocycles. The highest BCUT2D eigenvalue weighted by molar-refractivity contribution is 5.95. The summed E-state index contributed by atoms with van der Waals surface area (Å²) in [7, 11) is 1.72. The van der Waals surface area contributed by atoms with E-state index >= 15 is 0 Å². The van der Waals surface area contributed by atoms with Crippen LogP contribution in [-0.4, -0.2) is 48.7 Å². The van der Waals surface area contributed by atoms with Crippen molar-refractivity contribution in [3.63, 3.8) is 0 Å². The topological polar surface area (TPSA) is 107 Å². The molecule has 52 heavy (non-hydrogen) atoms. The lowest BCUT2D eigenvalue weighted by Crippen LogP contribution is -2.30. The van der Waals surface area contributed by atoms with Gasteiger partial charge in [-0.3, -0.25) is 20.0 Å². The first-order chi connectivity index (χ1) is 25.1. The molecule has 0 radical (unpaired) electrons.